The average molecular weight is 829 g/mol. The van der Waals surface area contributed by atoms with Crippen LogP contribution in [0, 0.1) is 20.8 Å². The third-order valence-corrected chi connectivity index (χ3v) is 13.8. The van der Waals surface area contributed by atoms with Gasteiger partial charge in [-0.15, -0.1) is 0 Å². The summed E-state index contributed by atoms with van der Waals surface area (Å²) in [5.41, 5.74) is 32.2. The number of rotatable bonds is 0. The number of hydrogen-bond acceptors (Lipinski definition) is 0. The van der Waals surface area contributed by atoms with E-state index < -0.39 is 0 Å². The van der Waals surface area contributed by atoms with Gasteiger partial charge in [-0.05, 0) is 198 Å². The maximum absolute atomic E-state index is 2.39. The van der Waals surface area contributed by atoms with Crippen LogP contribution in [0.3, 0.4) is 0 Å². The van der Waals surface area contributed by atoms with Gasteiger partial charge >= 0.3 is 0 Å². The number of hydrogen-bond donors (Lipinski definition) is 0. The van der Waals surface area contributed by atoms with Gasteiger partial charge in [-0.2, -0.15) is 0 Å². The quantitative estimate of drug-likeness (QED) is 0.143. The molecule has 0 heterocycles. The monoisotopic (exact) mass is 829 g/mol. The van der Waals surface area contributed by atoms with E-state index in [-0.39, 0.29) is 0 Å². The lowest BCUT2D eigenvalue weighted by atomic mass is 9.75. The van der Waals surface area contributed by atoms with Crippen LogP contribution in [0.25, 0.3) is 33.4 Å². The van der Waals surface area contributed by atoms with E-state index in [1.54, 1.807) is 50.1 Å². The molecule has 0 unspecified atom stereocenters. The first kappa shape index (κ1) is 45.6. The lowest BCUT2D eigenvalue weighted by Gasteiger charge is -2.29. The van der Waals surface area contributed by atoms with Crippen LogP contribution in [0.15, 0.2) is 127 Å². The Morgan fingerprint density at radius 2 is 0.476 bits per heavy atom. The van der Waals surface area contributed by atoms with E-state index in [1.807, 2.05) is 41.5 Å². The van der Waals surface area contributed by atoms with Crippen LogP contribution >= 0.6 is 0 Å². The van der Waals surface area contributed by atoms with E-state index in [4.69, 9.17) is 0 Å². The van der Waals surface area contributed by atoms with E-state index in [2.05, 4.69) is 148 Å². The predicted octanol–water partition coefficient (Wildman–Crippen LogP) is 17.5. The topological polar surface area (TPSA) is 0 Å². The zero-order valence-electron chi connectivity index (χ0n) is 40.1. The van der Waals surface area contributed by atoms with Crippen molar-refractivity contribution in [3.8, 4) is 0 Å². The van der Waals surface area contributed by atoms with Gasteiger partial charge in [-0.3, -0.25) is 0 Å². The Morgan fingerprint density at radius 3 is 0.841 bits per heavy atom. The second-order valence-corrected chi connectivity index (χ2v) is 17.3. The number of aryl methyl sites for hydroxylation is 9. The van der Waals surface area contributed by atoms with Gasteiger partial charge in [0.2, 0.25) is 0 Å². The van der Waals surface area contributed by atoms with Crippen molar-refractivity contribution < 1.29 is 0 Å². The Balaban J connectivity index is 0.000000134. The fourth-order valence-electron chi connectivity index (χ4n) is 10.9. The number of fused-ring (bicyclic) bond motifs is 12. The van der Waals surface area contributed by atoms with Gasteiger partial charge in [-0.1, -0.05) is 186 Å². The van der Waals surface area contributed by atoms with Crippen LogP contribution < -0.4 is 0 Å². The predicted molar refractivity (Wildman–Crippen MR) is 277 cm³/mol. The van der Waals surface area contributed by atoms with Gasteiger partial charge in [0.05, 0.1) is 0 Å². The molecule has 0 aliphatic heterocycles. The first-order valence-corrected chi connectivity index (χ1v) is 24.7. The molecule has 0 aromatic heterocycles. The fraction of sp³-hybridized carbons (Fsp3) is 0.333. The van der Waals surface area contributed by atoms with Crippen molar-refractivity contribution in [2.75, 3.05) is 0 Å². The Morgan fingerprint density at radius 1 is 0.222 bits per heavy atom. The zero-order valence-corrected chi connectivity index (χ0v) is 40.1. The highest BCUT2D eigenvalue weighted by atomic mass is 14.3. The summed E-state index contributed by atoms with van der Waals surface area (Å²) < 4.78 is 0. The van der Waals surface area contributed by atoms with E-state index in [0.717, 1.165) is 0 Å². The van der Waals surface area contributed by atoms with Crippen molar-refractivity contribution in [2.24, 2.45) is 0 Å². The van der Waals surface area contributed by atoms with Gasteiger partial charge in [-0.25, -0.2) is 0 Å². The molecule has 0 saturated carbocycles. The van der Waals surface area contributed by atoms with Crippen LogP contribution in [0.4, 0.5) is 0 Å². The Kier molecular flexibility index (Phi) is 15.4. The Hall–Kier alpha value is -5.46. The van der Waals surface area contributed by atoms with E-state index in [9.17, 15) is 0 Å². The molecule has 0 spiro atoms. The maximum atomic E-state index is 2.39. The van der Waals surface area contributed by atoms with Crippen LogP contribution in [0.2, 0.25) is 0 Å². The first-order chi connectivity index (χ1) is 31.0. The van der Waals surface area contributed by atoms with Crippen molar-refractivity contribution >= 4 is 33.4 Å². The number of allylic oxidation sites excluding steroid dienone is 6. The lowest BCUT2D eigenvalue weighted by molar-refractivity contribution is 0.918. The largest absolute Gasteiger partial charge is 0.0683 e. The highest BCUT2D eigenvalue weighted by Gasteiger charge is 2.27. The summed E-state index contributed by atoms with van der Waals surface area (Å²) in [6, 6.07) is 47.8. The first-order valence-electron chi connectivity index (χ1n) is 24.7. The molecule has 6 aromatic rings. The summed E-state index contributed by atoms with van der Waals surface area (Å²) in [6.07, 6.45) is 14.4. The Labute approximate surface area is 381 Å². The number of benzene rings is 6. The fourth-order valence-corrected chi connectivity index (χ4v) is 10.9. The SMILES string of the molecule is CC.CC.CC.Cc1ccc2c(c1)C1=C(CC2)c2ccccc2CC1.Cc1ccc2c(c1)C1=C(CC2)c2ccccc2CC1.Cc1ccc2c(c1)CCC1=C2CCc2ccccc21. The standard InChI is InChI=1S/3C19H18.3C2H6/c1-13-6-9-17-15(12-13)8-11-18-16-5-3-2-4-14(16)7-10-19(17)18;2*1-13-6-7-15-9-10-17-16-5-3-2-4-14(16)8-11-18(17)19(15)12-13;3*1-2/h2-6,9,12H,7-8,10-11H2,1H3;2*2-7,12H,8-11H2,1H3;3*1-2H3. The molecular formula is C63H72. The third kappa shape index (κ3) is 9.57. The van der Waals surface area contributed by atoms with Crippen LogP contribution in [0.5, 0.6) is 0 Å². The summed E-state index contributed by atoms with van der Waals surface area (Å²) in [5, 5.41) is 0. The molecule has 12 rings (SSSR count). The molecule has 0 saturated heterocycles. The molecule has 0 radical (unpaired) electrons. The van der Waals surface area contributed by atoms with E-state index in [0.29, 0.717) is 0 Å². The lowest BCUT2D eigenvalue weighted by Crippen LogP contribution is -2.11. The minimum Gasteiger partial charge on any atom is -0.0683 e. The summed E-state index contributed by atoms with van der Waals surface area (Å²) in [7, 11) is 0. The minimum absolute atomic E-state index is 1.20. The van der Waals surface area contributed by atoms with Crippen LogP contribution in [0.1, 0.15) is 164 Å². The highest BCUT2D eigenvalue weighted by Crippen LogP contribution is 2.46. The van der Waals surface area contributed by atoms with Crippen molar-refractivity contribution in [2.45, 2.75) is 139 Å². The molecule has 0 atom stereocenters. The summed E-state index contributed by atoms with van der Waals surface area (Å²) in [6.45, 7) is 18.6. The average Bonchev–Trinajstić information content (AvgIpc) is 3.35. The van der Waals surface area contributed by atoms with Crippen molar-refractivity contribution in [1.82, 2.24) is 0 Å². The van der Waals surface area contributed by atoms with Gasteiger partial charge < -0.3 is 0 Å². The maximum Gasteiger partial charge on any atom is -0.0187 e. The zero-order chi connectivity index (χ0) is 44.5. The normalized spacial score (nSPS) is 15.4. The molecule has 0 amide bonds. The molecule has 63 heavy (non-hydrogen) atoms. The van der Waals surface area contributed by atoms with Crippen molar-refractivity contribution in [3.05, 3.63) is 211 Å². The summed E-state index contributed by atoms with van der Waals surface area (Å²) >= 11 is 0. The van der Waals surface area contributed by atoms with Crippen LogP contribution in [-0.4, -0.2) is 0 Å². The molecule has 6 aliphatic rings. The second-order valence-electron chi connectivity index (χ2n) is 17.3. The highest BCUT2D eigenvalue weighted by molar-refractivity contribution is 5.98. The molecule has 0 N–H and O–H groups in total. The molecule has 324 valence electrons. The van der Waals surface area contributed by atoms with Crippen LogP contribution in [-0.2, 0) is 38.5 Å². The van der Waals surface area contributed by atoms with Gasteiger partial charge in [0.15, 0.2) is 0 Å². The van der Waals surface area contributed by atoms with Gasteiger partial charge in [0.25, 0.3) is 0 Å². The minimum atomic E-state index is 1.20. The van der Waals surface area contributed by atoms with E-state index in [1.165, 1.54) is 144 Å². The molecule has 6 aliphatic carbocycles. The third-order valence-electron chi connectivity index (χ3n) is 13.8. The van der Waals surface area contributed by atoms with Gasteiger partial charge in [0.1, 0.15) is 0 Å². The smallest absolute Gasteiger partial charge is 0.0187 e. The summed E-state index contributed by atoms with van der Waals surface area (Å²) in [5.74, 6) is 0. The molecular weight excluding hydrogens is 757 g/mol. The molecule has 0 nitrogen and oxygen atoms in total. The van der Waals surface area contributed by atoms with Gasteiger partial charge in [0, 0.05) is 0 Å². The molecule has 0 heteroatoms. The molecule has 0 bridgehead atoms. The van der Waals surface area contributed by atoms with E-state index >= 15 is 0 Å². The molecule has 0 fully saturated rings. The second kappa shape index (κ2) is 21.3. The molecule has 6 aromatic carbocycles. The van der Waals surface area contributed by atoms with Crippen molar-refractivity contribution in [1.29, 1.82) is 0 Å². The summed E-state index contributed by atoms with van der Waals surface area (Å²) in [4.78, 5) is 0. The van der Waals surface area contributed by atoms with Crippen molar-refractivity contribution in [3.63, 3.8) is 0 Å². The Bertz CT molecular complexity index is 2530.